The standard InChI is InChI=1S/C25H21Br2N5O5/c1-25(2,3)24-30-19-7-5-15(26)10-18(19)23(33)31(24)29-12-14-9-16(27)11-20(36-4)22(14)37-21-8-6-17(13-28-21)32(34)35/h5-13H,1-4H3. The second kappa shape index (κ2) is 10.4. The number of aromatic nitrogens is 3. The third-order valence-electron chi connectivity index (χ3n) is 5.20. The van der Waals surface area contributed by atoms with E-state index in [-0.39, 0.29) is 22.9 Å². The van der Waals surface area contributed by atoms with Gasteiger partial charge in [-0.15, -0.1) is 0 Å². The molecular weight excluding hydrogens is 610 g/mol. The maximum absolute atomic E-state index is 13.5. The Morgan fingerprint density at radius 3 is 2.49 bits per heavy atom. The summed E-state index contributed by atoms with van der Waals surface area (Å²) < 4.78 is 14.1. The van der Waals surface area contributed by atoms with Gasteiger partial charge in [-0.2, -0.15) is 9.78 Å². The molecule has 0 fully saturated rings. The van der Waals surface area contributed by atoms with Gasteiger partial charge in [-0.25, -0.2) is 9.97 Å². The quantitative estimate of drug-likeness (QED) is 0.141. The van der Waals surface area contributed by atoms with E-state index in [0.717, 1.165) is 10.7 Å². The molecule has 2 aromatic heterocycles. The molecule has 4 rings (SSSR count). The summed E-state index contributed by atoms with van der Waals surface area (Å²) in [5.41, 5.74) is 0.0548. The van der Waals surface area contributed by atoms with Gasteiger partial charge in [-0.3, -0.25) is 14.9 Å². The van der Waals surface area contributed by atoms with Crippen LogP contribution in [-0.2, 0) is 5.41 Å². The van der Waals surface area contributed by atoms with Crippen LogP contribution in [0.2, 0.25) is 0 Å². The van der Waals surface area contributed by atoms with Crippen LogP contribution in [0.4, 0.5) is 5.69 Å². The number of ether oxygens (including phenoxy) is 2. The van der Waals surface area contributed by atoms with Gasteiger partial charge < -0.3 is 9.47 Å². The Labute approximate surface area is 228 Å². The fraction of sp³-hybridized carbons (Fsp3) is 0.200. The second-order valence-electron chi connectivity index (χ2n) is 8.95. The van der Waals surface area contributed by atoms with Crippen molar-refractivity contribution in [3.05, 3.63) is 89.5 Å². The molecule has 2 aromatic carbocycles. The lowest BCUT2D eigenvalue weighted by atomic mass is 9.95. The van der Waals surface area contributed by atoms with Crippen molar-refractivity contribution in [1.82, 2.24) is 14.6 Å². The smallest absolute Gasteiger partial charge is 0.287 e. The number of fused-ring (bicyclic) bond motifs is 1. The average molecular weight is 631 g/mol. The van der Waals surface area contributed by atoms with Crippen LogP contribution in [0.25, 0.3) is 10.9 Å². The van der Waals surface area contributed by atoms with Gasteiger partial charge >= 0.3 is 0 Å². The molecule has 0 aliphatic rings. The molecule has 2 heterocycles. The first-order valence-corrected chi connectivity index (χ1v) is 12.5. The Kier molecular flexibility index (Phi) is 7.42. The molecule has 0 aliphatic carbocycles. The summed E-state index contributed by atoms with van der Waals surface area (Å²) in [5.74, 6) is 1.22. The molecule has 4 aromatic rings. The molecule has 0 bridgehead atoms. The molecule has 37 heavy (non-hydrogen) atoms. The first-order valence-electron chi connectivity index (χ1n) is 10.9. The highest BCUT2D eigenvalue weighted by Gasteiger charge is 2.23. The van der Waals surface area contributed by atoms with Crippen LogP contribution in [-0.4, -0.2) is 32.9 Å². The Morgan fingerprint density at radius 1 is 1.11 bits per heavy atom. The summed E-state index contributed by atoms with van der Waals surface area (Å²) in [7, 11) is 1.48. The van der Waals surface area contributed by atoms with Gasteiger partial charge in [0.25, 0.3) is 11.2 Å². The van der Waals surface area contributed by atoms with Crippen LogP contribution < -0.4 is 15.0 Å². The van der Waals surface area contributed by atoms with Crippen molar-refractivity contribution in [2.24, 2.45) is 5.10 Å². The number of nitro groups is 1. The van der Waals surface area contributed by atoms with Crippen LogP contribution in [0.1, 0.15) is 32.2 Å². The molecule has 12 heteroatoms. The normalized spacial score (nSPS) is 11.7. The lowest BCUT2D eigenvalue weighted by Crippen LogP contribution is -2.29. The topological polar surface area (TPSA) is 122 Å². The highest BCUT2D eigenvalue weighted by atomic mass is 79.9. The van der Waals surface area contributed by atoms with E-state index in [1.54, 1.807) is 24.3 Å². The SMILES string of the molecule is COc1cc(Br)cc(C=Nn2c(C(C)(C)C)nc3ccc(Br)cc3c2=O)c1Oc1ccc([N+](=O)[O-])cn1. The number of halogens is 2. The maximum atomic E-state index is 13.5. The predicted molar refractivity (Wildman–Crippen MR) is 147 cm³/mol. The Balaban J connectivity index is 1.86. The summed E-state index contributed by atoms with van der Waals surface area (Å²) in [6.45, 7) is 5.84. The van der Waals surface area contributed by atoms with Gasteiger partial charge in [0, 0.05) is 32.1 Å². The molecule has 10 nitrogen and oxygen atoms in total. The van der Waals surface area contributed by atoms with Crippen LogP contribution >= 0.6 is 31.9 Å². The van der Waals surface area contributed by atoms with Gasteiger partial charge in [-0.1, -0.05) is 52.6 Å². The van der Waals surface area contributed by atoms with E-state index in [4.69, 9.17) is 14.5 Å². The number of pyridine rings is 1. The van der Waals surface area contributed by atoms with E-state index in [1.807, 2.05) is 26.8 Å². The fourth-order valence-corrected chi connectivity index (χ4v) is 4.27. The highest BCUT2D eigenvalue weighted by molar-refractivity contribution is 9.10. The summed E-state index contributed by atoms with van der Waals surface area (Å²) in [4.78, 5) is 32.6. The van der Waals surface area contributed by atoms with Gasteiger partial charge in [-0.05, 0) is 30.3 Å². The van der Waals surface area contributed by atoms with Crippen molar-refractivity contribution in [2.45, 2.75) is 26.2 Å². The van der Waals surface area contributed by atoms with Crippen molar-refractivity contribution >= 4 is 54.7 Å². The Hall–Kier alpha value is -3.64. The molecule has 0 spiro atoms. The molecule has 0 radical (unpaired) electrons. The van der Waals surface area contributed by atoms with Crippen LogP contribution in [0.5, 0.6) is 17.4 Å². The van der Waals surface area contributed by atoms with Crippen molar-refractivity contribution in [3.63, 3.8) is 0 Å². The zero-order valence-electron chi connectivity index (χ0n) is 20.2. The first-order chi connectivity index (χ1) is 17.5. The van der Waals surface area contributed by atoms with Crippen LogP contribution in [0.15, 0.2) is 67.5 Å². The molecule has 0 amide bonds. The van der Waals surface area contributed by atoms with Crippen molar-refractivity contribution in [1.29, 1.82) is 0 Å². The van der Waals surface area contributed by atoms with Gasteiger partial charge in [0.1, 0.15) is 12.0 Å². The fourth-order valence-electron chi connectivity index (χ4n) is 3.45. The van der Waals surface area contributed by atoms with Gasteiger partial charge in [0.15, 0.2) is 11.5 Å². The van der Waals surface area contributed by atoms with Crippen molar-refractivity contribution in [2.75, 3.05) is 7.11 Å². The van der Waals surface area contributed by atoms with E-state index < -0.39 is 10.3 Å². The second-order valence-corrected chi connectivity index (χ2v) is 10.8. The minimum atomic E-state index is -0.546. The third kappa shape index (κ3) is 5.70. The summed E-state index contributed by atoms with van der Waals surface area (Å²) in [6.07, 6.45) is 2.57. The summed E-state index contributed by atoms with van der Waals surface area (Å²) in [6, 6.07) is 11.4. The molecular formula is C25H21Br2N5O5. The molecule has 0 unspecified atom stereocenters. The summed E-state index contributed by atoms with van der Waals surface area (Å²) in [5, 5.41) is 15.9. The first kappa shape index (κ1) is 26.4. The molecule has 0 atom stereocenters. The zero-order chi connectivity index (χ0) is 26.9. The number of rotatable bonds is 6. The van der Waals surface area contributed by atoms with Gasteiger partial charge in [0.05, 0.1) is 29.2 Å². The number of methoxy groups -OCH3 is 1. The monoisotopic (exact) mass is 629 g/mol. The minimum Gasteiger partial charge on any atom is -0.493 e. The molecule has 0 N–H and O–H groups in total. The van der Waals surface area contributed by atoms with E-state index in [0.29, 0.717) is 32.5 Å². The molecule has 0 aliphatic heterocycles. The van der Waals surface area contributed by atoms with E-state index in [9.17, 15) is 14.9 Å². The van der Waals surface area contributed by atoms with E-state index in [2.05, 4.69) is 41.9 Å². The summed E-state index contributed by atoms with van der Waals surface area (Å²) >= 11 is 6.86. The largest absolute Gasteiger partial charge is 0.493 e. The van der Waals surface area contributed by atoms with E-state index >= 15 is 0 Å². The maximum Gasteiger partial charge on any atom is 0.287 e. The lowest BCUT2D eigenvalue weighted by Gasteiger charge is -2.21. The Bertz CT molecular complexity index is 1590. The third-order valence-corrected chi connectivity index (χ3v) is 6.15. The average Bonchev–Trinajstić information content (AvgIpc) is 2.84. The Morgan fingerprint density at radius 2 is 1.86 bits per heavy atom. The highest BCUT2D eigenvalue weighted by Crippen LogP contribution is 2.37. The van der Waals surface area contributed by atoms with Crippen molar-refractivity contribution in [3.8, 4) is 17.4 Å². The predicted octanol–water partition coefficient (Wildman–Crippen LogP) is 6.21. The molecule has 190 valence electrons. The van der Waals surface area contributed by atoms with Crippen LogP contribution in [0.3, 0.4) is 0 Å². The number of hydrogen-bond donors (Lipinski definition) is 0. The molecule has 0 saturated carbocycles. The number of benzene rings is 2. The van der Waals surface area contributed by atoms with E-state index in [1.165, 1.54) is 30.1 Å². The lowest BCUT2D eigenvalue weighted by molar-refractivity contribution is -0.385. The van der Waals surface area contributed by atoms with Crippen LogP contribution in [0, 0.1) is 10.1 Å². The number of hydrogen-bond acceptors (Lipinski definition) is 8. The molecule has 0 saturated heterocycles. The minimum absolute atomic E-state index is 0.116. The van der Waals surface area contributed by atoms with Gasteiger partial charge in [0.2, 0.25) is 5.88 Å². The zero-order valence-corrected chi connectivity index (χ0v) is 23.4. The van der Waals surface area contributed by atoms with Crippen molar-refractivity contribution < 1.29 is 14.4 Å². The number of nitrogens with zero attached hydrogens (tertiary/aromatic N) is 5.